The Hall–Kier alpha value is -1.89. The summed E-state index contributed by atoms with van der Waals surface area (Å²) in [7, 11) is -1.62. The largest absolute Gasteiger partial charge is 0.303 e. The second-order valence-electron chi connectivity index (χ2n) is 6.76. The van der Waals surface area contributed by atoms with Gasteiger partial charge in [0, 0.05) is 23.5 Å². The molecular formula is C19H20ClN3O2S. The predicted molar refractivity (Wildman–Crippen MR) is 103 cm³/mol. The van der Waals surface area contributed by atoms with E-state index in [0.717, 1.165) is 30.5 Å². The summed E-state index contributed by atoms with van der Waals surface area (Å²) in [5.41, 5.74) is 2.31. The van der Waals surface area contributed by atoms with Crippen molar-refractivity contribution >= 4 is 32.7 Å². The van der Waals surface area contributed by atoms with E-state index < -0.39 is 10.0 Å². The SMILES string of the molecule is CN1CCC[C@H]1Cc1cn(S(=O)(=O)c2cccc(Cl)c2)c2cccnc12. The van der Waals surface area contributed by atoms with Crippen molar-refractivity contribution in [3.8, 4) is 0 Å². The normalized spacial score (nSPS) is 18.6. The van der Waals surface area contributed by atoms with E-state index in [0.29, 0.717) is 16.6 Å². The van der Waals surface area contributed by atoms with Crippen LogP contribution >= 0.6 is 11.6 Å². The third-order valence-corrected chi connectivity index (χ3v) is 6.99. The molecule has 0 N–H and O–H groups in total. The molecule has 0 aliphatic carbocycles. The maximum atomic E-state index is 13.2. The molecule has 1 saturated heterocycles. The second-order valence-corrected chi connectivity index (χ2v) is 9.02. The topological polar surface area (TPSA) is 55.2 Å². The molecule has 1 fully saturated rings. The molecule has 0 unspecified atom stereocenters. The van der Waals surface area contributed by atoms with Gasteiger partial charge >= 0.3 is 0 Å². The minimum absolute atomic E-state index is 0.176. The van der Waals surface area contributed by atoms with E-state index >= 15 is 0 Å². The highest BCUT2D eigenvalue weighted by atomic mass is 35.5. The first-order valence-corrected chi connectivity index (χ1v) is 10.4. The van der Waals surface area contributed by atoms with Crippen LogP contribution in [0.2, 0.25) is 5.02 Å². The predicted octanol–water partition coefficient (Wildman–Crippen LogP) is 3.56. The van der Waals surface area contributed by atoms with Crippen molar-refractivity contribution in [2.75, 3.05) is 13.6 Å². The van der Waals surface area contributed by atoms with Gasteiger partial charge in [-0.05, 0) is 68.8 Å². The van der Waals surface area contributed by atoms with Crippen LogP contribution in [0.25, 0.3) is 11.0 Å². The Balaban J connectivity index is 1.83. The summed E-state index contributed by atoms with van der Waals surface area (Å²) in [6.45, 7) is 1.08. The summed E-state index contributed by atoms with van der Waals surface area (Å²) >= 11 is 6.00. The van der Waals surface area contributed by atoms with Crippen LogP contribution in [0.15, 0.2) is 53.7 Å². The molecule has 0 saturated carbocycles. The van der Waals surface area contributed by atoms with E-state index in [9.17, 15) is 8.42 Å². The summed E-state index contributed by atoms with van der Waals surface area (Å²) in [4.78, 5) is 6.97. The van der Waals surface area contributed by atoms with Gasteiger partial charge in [-0.15, -0.1) is 0 Å². The van der Waals surface area contributed by atoms with E-state index in [-0.39, 0.29) is 4.90 Å². The highest BCUT2D eigenvalue weighted by Crippen LogP contribution is 2.28. The second kappa shape index (κ2) is 6.68. The molecule has 3 heterocycles. The number of hydrogen-bond acceptors (Lipinski definition) is 4. The van der Waals surface area contributed by atoms with Crippen LogP contribution in [-0.4, -0.2) is 41.9 Å². The van der Waals surface area contributed by atoms with Crippen LogP contribution < -0.4 is 0 Å². The van der Waals surface area contributed by atoms with Gasteiger partial charge in [-0.2, -0.15) is 0 Å². The lowest BCUT2D eigenvalue weighted by molar-refractivity contribution is 0.309. The molecule has 1 aliphatic rings. The Kier molecular flexibility index (Phi) is 4.50. The van der Waals surface area contributed by atoms with Crippen LogP contribution in [0.3, 0.4) is 0 Å². The molecule has 0 bridgehead atoms. The van der Waals surface area contributed by atoms with Crippen LogP contribution in [0, 0.1) is 0 Å². The number of fused-ring (bicyclic) bond motifs is 1. The fourth-order valence-electron chi connectivity index (χ4n) is 3.67. The molecule has 5 nitrogen and oxygen atoms in total. The van der Waals surface area contributed by atoms with Crippen LogP contribution in [-0.2, 0) is 16.4 Å². The van der Waals surface area contributed by atoms with Gasteiger partial charge in [-0.25, -0.2) is 12.4 Å². The van der Waals surface area contributed by atoms with E-state index in [4.69, 9.17) is 11.6 Å². The Morgan fingerprint density at radius 1 is 1.27 bits per heavy atom. The van der Waals surface area contributed by atoms with E-state index in [2.05, 4.69) is 16.9 Å². The van der Waals surface area contributed by atoms with Gasteiger partial charge in [0.05, 0.1) is 15.9 Å². The zero-order chi connectivity index (χ0) is 18.3. The number of nitrogens with zero attached hydrogens (tertiary/aromatic N) is 3. The smallest absolute Gasteiger partial charge is 0.268 e. The standard InChI is InChI=1S/C19H20ClN3O2S/c1-22-10-4-6-16(22)11-14-13-23(18-8-3-9-21-19(14)18)26(24,25)17-7-2-5-15(20)12-17/h2-3,5,7-9,12-13,16H,4,6,10-11H2,1H3/t16-/m0/s1. The number of aromatic nitrogens is 2. The van der Waals surface area contributed by atoms with Gasteiger partial charge in [-0.1, -0.05) is 17.7 Å². The molecule has 0 spiro atoms. The molecule has 0 radical (unpaired) electrons. The number of likely N-dealkylation sites (tertiary alicyclic amines) is 1. The van der Waals surface area contributed by atoms with Gasteiger partial charge in [0.25, 0.3) is 10.0 Å². The van der Waals surface area contributed by atoms with Gasteiger partial charge in [0.1, 0.15) is 0 Å². The average Bonchev–Trinajstić information content (AvgIpc) is 3.20. The Morgan fingerprint density at radius 2 is 2.12 bits per heavy atom. The van der Waals surface area contributed by atoms with Crippen molar-refractivity contribution in [2.24, 2.45) is 0 Å². The van der Waals surface area contributed by atoms with Crippen LogP contribution in [0.5, 0.6) is 0 Å². The number of likely N-dealkylation sites (N-methyl/N-ethyl adjacent to an activating group) is 1. The molecule has 7 heteroatoms. The Bertz CT molecular complexity index is 1060. The molecular weight excluding hydrogens is 370 g/mol. The highest BCUT2D eigenvalue weighted by Gasteiger charge is 2.26. The maximum absolute atomic E-state index is 13.2. The lowest BCUT2D eigenvalue weighted by Gasteiger charge is -2.18. The quantitative estimate of drug-likeness (QED) is 0.684. The lowest BCUT2D eigenvalue weighted by atomic mass is 10.1. The maximum Gasteiger partial charge on any atom is 0.268 e. The van der Waals surface area contributed by atoms with Crippen molar-refractivity contribution in [1.82, 2.24) is 13.9 Å². The number of hydrogen-bond donors (Lipinski definition) is 0. The zero-order valence-corrected chi connectivity index (χ0v) is 16.0. The number of halogens is 1. The number of benzene rings is 1. The van der Waals surface area contributed by atoms with Crippen molar-refractivity contribution < 1.29 is 8.42 Å². The van der Waals surface area contributed by atoms with Gasteiger partial charge < -0.3 is 4.90 Å². The Morgan fingerprint density at radius 3 is 2.85 bits per heavy atom. The Labute approximate surface area is 158 Å². The van der Waals surface area contributed by atoms with E-state index in [1.165, 1.54) is 16.5 Å². The summed E-state index contributed by atoms with van der Waals surface area (Å²) in [6.07, 6.45) is 6.52. The minimum Gasteiger partial charge on any atom is -0.303 e. The van der Waals surface area contributed by atoms with Gasteiger partial charge in [0.2, 0.25) is 0 Å². The third kappa shape index (κ3) is 3.02. The monoisotopic (exact) mass is 389 g/mol. The first-order valence-electron chi connectivity index (χ1n) is 8.63. The van der Waals surface area contributed by atoms with Crippen LogP contribution in [0.1, 0.15) is 18.4 Å². The lowest BCUT2D eigenvalue weighted by Crippen LogP contribution is -2.26. The van der Waals surface area contributed by atoms with Gasteiger partial charge in [0.15, 0.2) is 0 Å². The van der Waals surface area contributed by atoms with Crippen molar-refractivity contribution in [3.63, 3.8) is 0 Å². The first kappa shape index (κ1) is 17.5. The summed E-state index contributed by atoms with van der Waals surface area (Å²) < 4.78 is 27.7. The van der Waals surface area contributed by atoms with Crippen molar-refractivity contribution in [3.05, 3.63) is 59.4 Å². The van der Waals surface area contributed by atoms with Crippen molar-refractivity contribution in [1.29, 1.82) is 0 Å². The molecule has 4 rings (SSSR count). The van der Waals surface area contributed by atoms with Crippen molar-refractivity contribution in [2.45, 2.75) is 30.2 Å². The first-order chi connectivity index (χ1) is 12.5. The minimum atomic E-state index is -3.74. The molecule has 1 atom stereocenters. The molecule has 3 aromatic rings. The molecule has 1 aliphatic heterocycles. The van der Waals surface area contributed by atoms with Crippen LogP contribution in [0.4, 0.5) is 0 Å². The summed E-state index contributed by atoms with van der Waals surface area (Å²) in [5.74, 6) is 0. The molecule has 1 aromatic carbocycles. The molecule has 136 valence electrons. The number of pyridine rings is 1. The fraction of sp³-hybridized carbons (Fsp3) is 0.316. The third-order valence-electron chi connectivity index (χ3n) is 5.08. The summed E-state index contributed by atoms with van der Waals surface area (Å²) in [5, 5.41) is 0.397. The molecule has 2 aromatic heterocycles. The number of rotatable bonds is 4. The van der Waals surface area contributed by atoms with E-state index in [1.54, 1.807) is 42.7 Å². The zero-order valence-electron chi connectivity index (χ0n) is 14.5. The fourth-order valence-corrected chi connectivity index (χ4v) is 5.36. The van der Waals surface area contributed by atoms with E-state index in [1.807, 2.05) is 0 Å². The summed E-state index contributed by atoms with van der Waals surface area (Å²) in [6, 6.07) is 10.3. The highest BCUT2D eigenvalue weighted by molar-refractivity contribution is 7.90. The average molecular weight is 390 g/mol. The molecule has 26 heavy (non-hydrogen) atoms. The molecule has 0 amide bonds. The van der Waals surface area contributed by atoms with Gasteiger partial charge in [-0.3, -0.25) is 4.98 Å².